The molecule has 0 heterocycles. The van der Waals surface area contributed by atoms with Gasteiger partial charge in [0.25, 0.3) is 0 Å². The molecule has 0 radical (unpaired) electrons. The minimum Gasteiger partial charge on any atom is -0.462 e. The van der Waals surface area contributed by atoms with Gasteiger partial charge in [-0.1, -0.05) is 54.0 Å². The van der Waals surface area contributed by atoms with E-state index in [-0.39, 0.29) is 5.97 Å². The summed E-state index contributed by atoms with van der Waals surface area (Å²) >= 11 is 0. The predicted octanol–water partition coefficient (Wildman–Crippen LogP) is 7.13. The van der Waals surface area contributed by atoms with E-state index in [4.69, 9.17) is 4.74 Å². The molecule has 0 atom stereocenters. The maximum atomic E-state index is 11.8. The molecule has 1 rings (SSSR count). The third-order valence-corrected chi connectivity index (χ3v) is 4.12. The molecule has 0 fully saturated rings. The van der Waals surface area contributed by atoms with E-state index < -0.39 is 0 Å². The van der Waals surface area contributed by atoms with Crippen LogP contribution in [-0.2, 0) is 4.74 Å². The van der Waals surface area contributed by atoms with Crippen molar-refractivity contribution in [3.8, 4) is 0 Å². The van der Waals surface area contributed by atoms with Crippen LogP contribution in [0.15, 0.2) is 53.1 Å². The van der Waals surface area contributed by atoms with Crippen molar-refractivity contribution in [3.63, 3.8) is 0 Å². The third kappa shape index (κ3) is 9.41. The SMILES string of the molecule is CCCOC(=O)c1ccc(C=C(C)CCC=C(C)CCC=C(C)C)cc1. The molecule has 0 N–H and O–H groups in total. The summed E-state index contributed by atoms with van der Waals surface area (Å²) in [5.41, 5.74) is 5.94. The van der Waals surface area contributed by atoms with E-state index in [0.717, 1.165) is 37.7 Å². The first-order chi connectivity index (χ1) is 12.4. The monoisotopic (exact) mass is 354 g/mol. The Hall–Kier alpha value is -2.09. The van der Waals surface area contributed by atoms with Gasteiger partial charge in [-0.3, -0.25) is 0 Å². The van der Waals surface area contributed by atoms with Gasteiger partial charge < -0.3 is 4.74 Å². The Balaban J connectivity index is 2.49. The van der Waals surface area contributed by atoms with Crippen molar-refractivity contribution < 1.29 is 9.53 Å². The smallest absolute Gasteiger partial charge is 0.338 e. The number of carbonyl (C=O) groups is 1. The molecule has 0 aliphatic carbocycles. The molecule has 0 saturated carbocycles. The Morgan fingerprint density at radius 2 is 1.54 bits per heavy atom. The lowest BCUT2D eigenvalue weighted by Gasteiger charge is -2.04. The number of allylic oxidation sites excluding steroid dienone is 5. The minimum absolute atomic E-state index is 0.243. The summed E-state index contributed by atoms with van der Waals surface area (Å²) in [5.74, 6) is -0.243. The highest BCUT2D eigenvalue weighted by Gasteiger charge is 2.05. The number of carbonyl (C=O) groups excluding carboxylic acids is 1. The largest absolute Gasteiger partial charge is 0.462 e. The third-order valence-electron chi connectivity index (χ3n) is 4.12. The first-order valence-corrected chi connectivity index (χ1v) is 9.65. The highest BCUT2D eigenvalue weighted by Crippen LogP contribution is 2.15. The van der Waals surface area contributed by atoms with Gasteiger partial charge in [0.15, 0.2) is 0 Å². The lowest BCUT2D eigenvalue weighted by Crippen LogP contribution is -2.05. The molecule has 2 nitrogen and oxygen atoms in total. The lowest BCUT2D eigenvalue weighted by atomic mass is 10.0. The average Bonchev–Trinajstić information content (AvgIpc) is 2.60. The summed E-state index contributed by atoms with van der Waals surface area (Å²) in [4.78, 5) is 11.8. The summed E-state index contributed by atoms with van der Waals surface area (Å²) in [7, 11) is 0. The van der Waals surface area contributed by atoms with Crippen molar-refractivity contribution in [2.45, 2.75) is 66.7 Å². The van der Waals surface area contributed by atoms with Crippen LogP contribution in [0.3, 0.4) is 0 Å². The van der Waals surface area contributed by atoms with Gasteiger partial charge in [0.1, 0.15) is 0 Å². The van der Waals surface area contributed by atoms with E-state index in [0.29, 0.717) is 12.2 Å². The van der Waals surface area contributed by atoms with E-state index in [2.05, 4.69) is 45.9 Å². The van der Waals surface area contributed by atoms with Gasteiger partial charge in [0.05, 0.1) is 12.2 Å². The molecule has 0 aliphatic rings. The summed E-state index contributed by atoms with van der Waals surface area (Å²) in [6, 6.07) is 7.63. The van der Waals surface area contributed by atoms with Crippen molar-refractivity contribution in [2.75, 3.05) is 6.61 Å². The fourth-order valence-corrected chi connectivity index (χ4v) is 2.59. The lowest BCUT2D eigenvalue weighted by molar-refractivity contribution is 0.0505. The highest BCUT2D eigenvalue weighted by atomic mass is 16.5. The number of hydrogen-bond acceptors (Lipinski definition) is 2. The molecule has 0 amide bonds. The average molecular weight is 355 g/mol. The van der Waals surface area contributed by atoms with Gasteiger partial charge >= 0.3 is 5.97 Å². The molecule has 0 bridgehead atoms. The van der Waals surface area contributed by atoms with Crippen molar-refractivity contribution >= 4 is 12.0 Å². The van der Waals surface area contributed by atoms with Crippen molar-refractivity contribution in [1.29, 1.82) is 0 Å². The van der Waals surface area contributed by atoms with Crippen LogP contribution in [0.4, 0.5) is 0 Å². The first kappa shape index (κ1) is 22.0. The second-order valence-electron chi connectivity index (χ2n) is 7.16. The van der Waals surface area contributed by atoms with Gasteiger partial charge in [-0.15, -0.1) is 0 Å². The fourth-order valence-electron chi connectivity index (χ4n) is 2.59. The summed E-state index contributed by atoms with van der Waals surface area (Å²) in [5, 5.41) is 0. The molecule has 0 aliphatic heterocycles. The standard InChI is InChI=1S/C24H34O2/c1-6-17-26-24(25)23-15-13-22(14-16-23)18-21(5)12-8-11-20(4)10-7-9-19(2)3/h9,11,13-16,18H,6-8,10,12,17H2,1-5H3. The second-order valence-corrected chi connectivity index (χ2v) is 7.16. The molecule has 1 aromatic carbocycles. The normalized spacial score (nSPS) is 12.0. The van der Waals surface area contributed by atoms with Crippen LogP contribution in [0.5, 0.6) is 0 Å². The maximum Gasteiger partial charge on any atom is 0.338 e. The van der Waals surface area contributed by atoms with Crippen LogP contribution in [0.25, 0.3) is 6.08 Å². The van der Waals surface area contributed by atoms with Gasteiger partial charge in [0, 0.05) is 0 Å². The van der Waals surface area contributed by atoms with Gasteiger partial charge in [0.2, 0.25) is 0 Å². The van der Waals surface area contributed by atoms with E-state index in [9.17, 15) is 4.79 Å². The first-order valence-electron chi connectivity index (χ1n) is 9.65. The molecular formula is C24H34O2. The molecule has 142 valence electrons. The summed E-state index contributed by atoms with van der Waals surface area (Å²) < 4.78 is 5.15. The van der Waals surface area contributed by atoms with E-state index in [1.165, 1.54) is 16.7 Å². The Morgan fingerprint density at radius 3 is 2.15 bits per heavy atom. The highest BCUT2D eigenvalue weighted by molar-refractivity contribution is 5.89. The van der Waals surface area contributed by atoms with Gasteiger partial charge in [-0.2, -0.15) is 0 Å². The van der Waals surface area contributed by atoms with Crippen LogP contribution >= 0.6 is 0 Å². The molecule has 0 aromatic heterocycles. The zero-order chi connectivity index (χ0) is 19.4. The van der Waals surface area contributed by atoms with Crippen molar-refractivity contribution in [3.05, 3.63) is 64.3 Å². The molecule has 1 aromatic rings. The van der Waals surface area contributed by atoms with Crippen LogP contribution in [0.1, 0.15) is 82.6 Å². The van der Waals surface area contributed by atoms with E-state index in [1.807, 2.05) is 31.2 Å². The molecule has 26 heavy (non-hydrogen) atoms. The second kappa shape index (κ2) is 12.3. The Morgan fingerprint density at radius 1 is 0.923 bits per heavy atom. The zero-order valence-electron chi connectivity index (χ0n) is 17.1. The van der Waals surface area contributed by atoms with Crippen molar-refractivity contribution in [1.82, 2.24) is 0 Å². The Kier molecular flexibility index (Phi) is 10.4. The summed E-state index contributed by atoms with van der Waals surface area (Å²) in [6.07, 6.45) is 12.1. The predicted molar refractivity (Wildman–Crippen MR) is 112 cm³/mol. The minimum atomic E-state index is -0.243. The quantitative estimate of drug-likeness (QED) is 0.330. The van der Waals surface area contributed by atoms with Crippen molar-refractivity contribution in [2.24, 2.45) is 0 Å². The van der Waals surface area contributed by atoms with Gasteiger partial charge in [-0.25, -0.2) is 4.79 Å². The molecule has 0 spiro atoms. The number of esters is 1. The van der Waals surface area contributed by atoms with Crippen LogP contribution in [0, 0.1) is 0 Å². The molecule has 0 saturated heterocycles. The topological polar surface area (TPSA) is 26.3 Å². The number of rotatable bonds is 10. The molecular weight excluding hydrogens is 320 g/mol. The van der Waals surface area contributed by atoms with Crippen LogP contribution < -0.4 is 0 Å². The fraction of sp³-hybridized carbons (Fsp3) is 0.458. The van der Waals surface area contributed by atoms with E-state index >= 15 is 0 Å². The van der Waals surface area contributed by atoms with Gasteiger partial charge in [-0.05, 0) is 77.5 Å². The molecule has 0 unspecified atom stereocenters. The van der Waals surface area contributed by atoms with Crippen LogP contribution in [-0.4, -0.2) is 12.6 Å². The maximum absolute atomic E-state index is 11.8. The van der Waals surface area contributed by atoms with E-state index in [1.54, 1.807) is 0 Å². The number of hydrogen-bond donors (Lipinski definition) is 0. The molecule has 2 heteroatoms. The Labute approximate surface area is 159 Å². The van der Waals surface area contributed by atoms with Crippen LogP contribution in [0.2, 0.25) is 0 Å². The number of ether oxygens (including phenoxy) is 1. The Bertz CT molecular complexity index is 641. The summed E-state index contributed by atoms with van der Waals surface area (Å²) in [6.45, 7) is 11.1. The zero-order valence-corrected chi connectivity index (χ0v) is 17.1. The number of benzene rings is 1.